The number of pyridine rings is 1. The molecule has 2 aliphatic heterocycles. The van der Waals surface area contributed by atoms with Crippen LogP contribution in [0.25, 0.3) is 11.3 Å². The van der Waals surface area contributed by atoms with Gasteiger partial charge in [0.25, 0.3) is 11.5 Å². The second-order valence-electron chi connectivity index (χ2n) is 10.9. The van der Waals surface area contributed by atoms with Crippen LogP contribution in [0.4, 0.5) is 11.6 Å². The van der Waals surface area contributed by atoms with Crippen molar-refractivity contribution < 1.29 is 4.79 Å². The van der Waals surface area contributed by atoms with Gasteiger partial charge in [-0.2, -0.15) is 4.91 Å². The van der Waals surface area contributed by atoms with E-state index >= 15 is 0 Å². The number of aryl methyl sites for hydroxylation is 1. The summed E-state index contributed by atoms with van der Waals surface area (Å²) in [6.07, 6.45) is 6.87. The van der Waals surface area contributed by atoms with Crippen LogP contribution in [0, 0.1) is 10.3 Å². The Hall–Kier alpha value is -4.41. The van der Waals surface area contributed by atoms with E-state index in [1.165, 1.54) is 15.8 Å². The molecule has 0 fully saturated rings. The first-order valence-electron chi connectivity index (χ1n) is 12.6. The van der Waals surface area contributed by atoms with Crippen LogP contribution < -0.4 is 15.8 Å². The van der Waals surface area contributed by atoms with Crippen LogP contribution >= 0.6 is 0 Å². The summed E-state index contributed by atoms with van der Waals surface area (Å²) in [7, 11) is 1.62. The number of carbonyl (C=O) groups excluding carboxylic acids is 1. The summed E-state index contributed by atoms with van der Waals surface area (Å²) in [4.78, 5) is 52.9. The van der Waals surface area contributed by atoms with Crippen molar-refractivity contribution in [3.05, 3.63) is 74.1 Å². The number of nitrogens with zero attached hydrogens (tertiary/aromatic N) is 7. The minimum Gasteiger partial charge on any atom is -0.344 e. The Morgan fingerprint density at radius 2 is 1.97 bits per heavy atom. The third-order valence-electron chi connectivity index (χ3n) is 7.37. The van der Waals surface area contributed by atoms with E-state index in [0.29, 0.717) is 47.3 Å². The van der Waals surface area contributed by atoms with Crippen molar-refractivity contribution in [3.63, 3.8) is 0 Å². The van der Waals surface area contributed by atoms with E-state index in [4.69, 9.17) is 0 Å². The molecule has 1 amide bonds. The number of carbonyl (C=O) groups is 1. The lowest BCUT2D eigenvalue weighted by Crippen LogP contribution is -2.41. The molecule has 3 aliphatic rings. The first-order chi connectivity index (χ1) is 18.1. The van der Waals surface area contributed by atoms with Crippen LogP contribution in [0.1, 0.15) is 48.1 Å². The molecule has 11 nitrogen and oxygen atoms in total. The molecule has 6 rings (SSSR count). The minimum absolute atomic E-state index is 0.0175. The number of rotatable bonds is 5. The van der Waals surface area contributed by atoms with Gasteiger partial charge in [0.1, 0.15) is 23.9 Å². The van der Waals surface area contributed by atoms with E-state index < -0.39 is 0 Å². The summed E-state index contributed by atoms with van der Waals surface area (Å²) in [5.41, 5.74) is 5.38. The molecular weight excluding hydrogens is 484 g/mol. The highest BCUT2D eigenvalue weighted by Crippen LogP contribution is 2.40. The normalized spacial score (nSPS) is 18.5. The summed E-state index contributed by atoms with van der Waals surface area (Å²) in [6, 6.07) is 3.72. The third-order valence-corrected chi connectivity index (χ3v) is 7.37. The topological polar surface area (TPSA) is 127 Å². The van der Waals surface area contributed by atoms with Crippen molar-refractivity contribution in [1.29, 1.82) is 0 Å². The molecule has 1 aliphatic carbocycles. The average molecular weight is 513 g/mol. The number of aliphatic imine (C=N–C) groups is 1. The number of nitrogens with one attached hydrogen (secondary N) is 1. The fourth-order valence-corrected chi connectivity index (χ4v) is 5.66. The highest BCUT2D eigenvalue weighted by molar-refractivity contribution is 6.06. The Morgan fingerprint density at radius 3 is 2.71 bits per heavy atom. The summed E-state index contributed by atoms with van der Waals surface area (Å²) in [5.74, 6) is 0.789. The molecule has 0 saturated carbocycles. The van der Waals surface area contributed by atoms with E-state index in [0.717, 1.165) is 18.5 Å². The maximum Gasteiger partial charge on any atom is 0.295 e. The van der Waals surface area contributed by atoms with E-state index in [1.54, 1.807) is 30.4 Å². The molecule has 3 aromatic rings. The van der Waals surface area contributed by atoms with Gasteiger partial charge in [0.15, 0.2) is 0 Å². The van der Waals surface area contributed by atoms with Gasteiger partial charge in [-0.05, 0) is 49.0 Å². The van der Waals surface area contributed by atoms with Gasteiger partial charge in [-0.1, -0.05) is 19.0 Å². The second-order valence-corrected chi connectivity index (χ2v) is 10.9. The number of fused-ring (bicyclic) bond motifs is 3. The van der Waals surface area contributed by atoms with Crippen LogP contribution in [0.2, 0.25) is 0 Å². The molecule has 5 heterocycles. The lowest BCUT2D eigenvalue weighted by atomic mass is 9.90. The highest BCUT2D eigenvalue weighted by Gasteiger charge is 2.37. The predicted octanol–water partition coefficient (Wildman–Crippen LogP) is 3.23. The quantitative estimate of drug-likeness (QED) is 0.523. The molecule has 0 bridgehead atoms. The number of hydrogen-bond donors (Lipinski definition) is 1. The smallest absolute Gasteiger partial charge is 0.295 e. The summed E-state index contributed by atoms with van der Waals surface area (Å²) in [5, 5.41) is 6.16. The Labute approximate surface area is 218 Å². The molecule has 0 spiro atoms. The first-order valence-corrected chi connectivity index (χ1v) is 12.6. The monoisotopic (exact) mass is 512 g/mol. The Kier molecular flexibility index (Phi) is 5.41. The lowest BCUT2D eigenvalue weighted by molar-refractivity contribution is 0.0963. The number of anilines is 1. The summed E-state index contributed by atoms with van der Waals surface area (Å²) < 4.78 is 3.53. The van der Waals surface area contributed by atoms with Gasteiger partial charge in [-0.25, -0.2) is 15.0 Å². The Balaban J connectivity index is 1.41. The molecule has 0 aromatic carbocycles. The molecular formula is C27H28N8O3. The fourth-order valence-electron chi connectivity index (χ4n) is 5.66. The lowest BCUT2D eigenvalue weighted by Gasteiger charge is -2.30. The Bertz CT molecular complexity index is 1640. The van der Waals surface area contributed by atoms with E-state index in [9.17, 15) is 14.5 Å². The van der Waals surface area contributed by atoms with E-state index in [-0.39, 0.29) is 29.2 Å². The van der Waals surface area contributed by atoms with Crippen LogP contribution in [-0.2, 0) is 33.0 Å². The maximum atomic E-state index is 13.7. The predicted molar refractivity (Wildman–Crippen MR) is 143 cm³/mol. The number of hydrogen-bond acceptors (Lipinski definition) is 7. The number of nitroso groups, excluding NO2 is 1. The zero-order chi connectivity index (χ0) is 26.8. The standard InChI is InChI=1S/C27H28N8O3/c1-15-9-22(30-15)32-23-26(37)33(4)14-19(31-23)17-5-6-28-24(18(17)13-29-38)35-8-7-34-20(25(35)36)10-16-11-27(2,3)12-21(16)34/h5-6,9-10,14H,7-8,11-13H2,1-4H3,(H,30,31,32). The Morgan fingerprint density at radius 1 is 1.18 bits per heavy atom. The molecule has 0 radical (unpaired) electrons. The van der Waals surface area contributed by atoms with Gasteiger partial charge >= 0.3 is 0 Å². The van der Waals surface area contributed by atoms with Crippen molar-refractivity contribution in [1.82, 2.24) is 24.4 Å². The van der Waals surface area contributed by atoms with Crippen molar-refractivity contribution in [3.8, 4) is 11.3 Å². The fraction of sp³-hybridized carbons (Fsp3) is 0.370. The SMILES string of the molecule is CC1=CC(=Nc2nc(-c3ccnc(N4CCn5c(cc6c5CC(C)(C)C6)C4=O)c3CN=O)cn(C)c2=O)N1. The van der Waals surface area contributed by atoms with Crippen LogP contribution in [0.3, 0.4) is 0 Å². The van der Waals surface area contributed by atoms with Gasteiger partial charge in [0, 0.05) is 55.0 Å². The number of amides is 1. The first kappa shape index (κ1) is 24.0. The summed E-state index contributed by atoms with van der Waals surface area (Å²) in [6.45, 7) is 7.25. The molecule has 38 heavy (non-hydrogen) atoms. The molecule has 3 aromatic heterocycles. The van der Waals surface area contributed by atoms with Gasteiger partial charge < -0.3 is 14.5 Å². The molecule has 0 atom stereocenters. The molecule has 0 unspecified atom stereocenters. The minimum atomic E-state index is -0.353. The highest BCUT2D eigenvalue weighted by atomic mass is 16.3. The van der Waals surface area contributed by atoms with Gasteiger partial charge in [0.2, 0.25) is 5.82 Å². The zero-order valence-corrected chi connectivity index (χ0v) is 21.8. The van der Waals surface area contributed by atoms with Gasteiger partial charge in [-0.15, -0.1) is 0 Å². The maximum absolute atomic E-state index is 13.7. The van der Waals surface area contributed by atoms with Crippen LogP contribution in [0.15, 0.2) is 51.3 Å². The van der Waals surface area contributed by atoms with Gasteiger partial charge in [0.05, 0.1) is 5.69 Å². The van der Waals surface area contributed by atoms with Crippen molar-refractivity contribution in [2.45, 2.75) is 46.7 Å². The molecule has 0 saturated heterocycles. The summed E-state index contributed by atoms with van der Waals surface area (Å²) >= 11 is 0. The number of allylic oxidation sites excluding steroid dienone is 1. The van der Waals surface area contributed by atoms with E-state index in [2.05, 4.69) is 43.9 Å². The van der Waals surface area contributed by atoms with Crippen LogP contribution in [0.5, 0.6) is 0 Å². The molecule has 1 N–H and O–H groups in total. The number of amidine groups is 1. The molecule has 11 heteroatoms. The zero-order valence-electron chi connectivity index (χ0n) is 21.8. The number of aromatic nitrogens is 4. The van der Waals surface area contributed by atoms with Gasteiger partial charge in [-0.3, -0.25) is 14.5 Å². The average Bonchev–Trinajstić information content (AvgIpc) is 3.34. The third kappa shape index (κ3) is 3.85. The van der Waals surface area contributed by atoms with Crippen molar-refractivity contribution >= 4 is 23.4 Å². The van der Waals surface area contributed by atoms with Crippen LogP contribution in [-0.4, -0.2) is 37.4 Å². The second kappa shape index (κ2) is 8.57. The largest absolute Gasteiger partial charge is 0.344 e. The van der Waals surface area contributed by atoms with E-state index in [1.807, 2.05) is 19.1 Å². The van der Waals surface area contributed by atoms with Crippen molar-refractivity contribution in [2.75, 3.05) is 11.4 Å². The molecule has 194 valence electrons. The van der Waals surface area contributed by atoms with Crippen molar-refractivity contribution in [2.24, 2.45) is 22.6 Å².